The Balaban J connectivity index is 3.76. The van der Waals surface area contributed by atoms with E-state index < -0.39 is 5.60 Å². The average Bonchev–Trinajstić information content (AvgIpc) is 1.87. The van der Waals surface area contributed by atoms with Crippen molar-refractivity contribution in [2.45, 2.75) is 39.6 Å². The first-order valence-corrected chi connectivity index (χ1v) is 3.79. The molecule has 0 spiro atoms. The summed E-state index contributed by atoms with van der Waals surface area (Å²) >= 11 is 0. The molecule has 64 valence electrons. The van der Waals surface area contributed by atoms with Crippen molar-refractivity contribution in [1.29, 1.82) is 0 Å². The first-order valence-electron chi connectivity index (χ1n) is 3.79. The third-order valence-electron chi connectivity index (χ3n) is 1.21. The number of hydrogen-bond acceptors (Lipinski definition) is 2. The fourth-order valence-electron chi connectivity index (χ4n) is 0.718. The van der Waals surface area contributed by atoms with E-state index in [9.17, 15) is 0 Å². The number of hydrogen-bond donors (Lipinski definition) is 0. The summed E-state index contributed by atoms with van der Waals surface area (Å²) in [5.74, 6) is 2.53. The molecule has 0 saturated heterocycles. The molecule has 1 atom stereocenters. The largest absolute Gasteiger partial charge is 0.353 e. The van der Waals surface area contributed by atoms with Crippen LogP contribution in [0.1, 0.15) is 27.7 Å². The van der Waals surface area contributed by atoms with Crippen molar-refractivity contribution < 1.29 is 9.47 Å². The lowest BCUT2D eigenvalue weighted by atomic mass is 10.1. The van der Waals surface area contributed by atoms with Crippen LogP contribution in [0.25, 0.3) is 0 Å². The number of ether oxygens (including phenoxy) is 2. The van der Waals surface area contributed by atoms with E-state index in [-0.39, 0.29) is 6.29 Å². The molecule has 2 nitrogen and oxygen atoms in total. The fourth-order valence-corrected chi connectivity index (χ4v) is 0.718. The van der Waals surface area contributed by atoms with Crippen LogP contribution < -0.4 is 0 Å². The quantitative estimate of drug-likeness (QED) is 0.456. The third-order valence-corrected chi connectivity index (χ3v) is 1.21. The minimum absolute atomic E-state index is 0.231. The normalized spacial score (nSPS) is 14.1. The van der Waals surface area contributed by atoms with Gasteiger partial charge in [0.15, 0.2) is 6.29 Å². The van der Waals surface area contributed by atoms with E-state index >= 15 is 0 Å². The molecule has 0 aromatic carbocycles. The van der Waals surface area contributed by atoms with E-state index in [1.807, 2.05) is 27.7 Å². The maximum atomic E-state index is 5.37. The first kappa shape index (κ1) is 10.5. The van der Waals surface area contributed by atoms with E-state index in [2.05, 4.69) is 5.92 Å². The van der Waals surface area contributed by atoms with Crippen molar-refractivity contribution >= 4 is 0 Å². The van der Waals surface area contributed by atoms with E-state index in [1.54, 1.807) is 0 Å². The molecule has 2 heteroatoms. The van der Waals surface area contributed by atoms with Crippen LogP contribution in [0.3, 0.4) is 0 Å². The predicted octanol–water partition coefficient (Wildman–Crippen LogP) is 1.80. The lowest BCUT2D eigenvalue weighted by Crippen LogP contribution is -2.28. The van der Waals surface area contributed by atoms with Gasteiger partial charge in [-0.05, 0) is 27.7 Å². The highest BCUT2D eigenvalue weighted by Crippen LogP contribution is 2.10. The topological polar surface area (TPSA) is 18.5 Å². The Morgan fingerprint density at radius 3 is 2.45 bits per heavy atom. The first-order chi connectivity index (χ1) is 5.02. The molecule has 0 aliphatic carbocycles. The van der Waals surface area contributed by atoms with Gasteiger partial charge in [-0.1, -0.05) is 5.92 Å². The third kappa shape index (κ3) is 4.83. The van der Waals surface area contributed by atoms with Gasteiger partial charge < -0.3 is 9.47 Å². The Bertz CT molecular complexity index is 144. The van der Waals surface area contributed by atoms with Gasteiger partial charge in [0.1, 0.15) is 5.60 Å². The standard InChI is InChI=1S/C9H16O2/c1-6-9(4,5)11-8(3)10-7-2/h1,8H,7H2,2-5H3. The van der Waals surface area contributed by atoms with E-state index in [0.717, 1.165) is 0 Å². The zero-order valence-corrected chi connectivity index (χ0v) is 7.68. The van der Waals surface area contributed by atoms with Gasteiger partial charge >= 0.3 is 0 Å². The molecule has 0 aromatic rings. The van der Waals surface area contributed by atoms with Crippen molar-refractivity contribution in [2.24, 2.45) is 0 Å². The van der Waals surface area contributed by atoms with E-state index in [0.29, 0.717) is 6.61 Å². The molecule has 0 N–H and O–H groups in total. The molecule has 0 aliphatic heterocycles. The van der Waals surface area contributed by atoms with Gasteiger partial charge in [0.25, 0.3) is 0 Å². The maximum absolute atomic E-state index is 5.37. The molecular formula is C9H16O2. The summed E-state index contributed by atoms with van der Waals surface area (Å²) < 4.78 is 10.5. The second-order valence-corrected chi connectivity index (χ2v) is 2.80. The smallest absolute Gasteiger partial charge is 0.156 e. The summed E-state index contributed by atoms with van der Waals surface area (Å²) in [4.78, 5) is 0. The summed E-state index contributed by atoms with van der Waals surface area (Å²) in [5.41, 5.74) is -0.533. The lowest BCUT2D eigenvalue weighted by Gasteiger charge is -2.23. The Hall–Kier alpha value is -0.520. The van der Waals surface area contributed by atoms with Crippen LogP contribution in [0.5, 0.6) is 0 Å². The van der Waals surface area contributed by atoms with Gasteiger partial charge in [-0.25, -0.2) is 0 Å². The second-order valence-electron chi connectivity index (χ2n) is 2.80. The van der Waals surface area contributed by atoms with Crippen molar-refractivity contribution in [3.05, 3.63) is 0 Å². The van der Waals surface area contributed by atoms with Crippen molar-refractivity contribution in [3.63, 3.8) is 0 Å². The molecule has 0 aliphatic rings. The van der Waals surface area contributed by atoms with Crippen LogP contribution in [0.4, 0.5) is 0 Å². The molecule has 0 saturated carbocycles. The molecule has 0 aromatic heterocycles. The predicted molar refractivity (Wildman–Crippen MR) is 45.1 cm³/mol. The molecule has 0 amide bonds. The highest BCUT2D eigenvalue weighted by atomic mass is 16.7. The second kappa shape index (κ2) is 4.38. The Morgan fingerprint density at radius 2 is 2.09 bits per heavy atom. The van der Waals surface area contributed by atoms with Crippen LogP contribution in [0.15, 0.2) is 0 Å². The van der Waals surface area contributed by atoms with Crippen LogP contribution in [0, 0.1) is 12.3 Å². The molecular weight excluding hydrogens is 140 g/mol. The molecule has 0 bridgehead atoms. The van der Waals surface area contributed by atoms with Gasteiger partial charge in [0, 0.05) is 6.61 Å². The number of terminal acetylenes is 1. The molecule has 0 radical (unpaired) electrons. The average molecular weight is 156 g/mol. The Labute approximate surface area is 68.9 Å². The molecule has 1 unspecified atom stereocenters. The maximum Gasteiger partial charge on any atom is 0.156 e. The minimum Gasteiger partial charge on any atom is -0.353 e. The molecule has 11 heavy (non-hydrogen) atoms. The fraction of sp³-hybridized carbons (Fsp3) is 0.778. The zero-order valence-electron chi connectivity index (χ0n) is 7.68. The lowest BCUT2D eigenvalue weighted by molar-refractivity contribution is -0.169. The van der Waals surface area contributed by atoms with Crippen molar-refractivity contribution in [2.75, 3.05) is 6.61 Å². The Morgan fingerprint density at radius 1 is 1.55 bits per heavy atom. The van der Waals surface area contributed by atoms with Gasteiger partial charge in [0.05, 0.1) is 0 Å². The summed E-state index contributed by atoms with van der Waals surface area (Å²) in [6, 6.07) is 0. The highest BCUT2D eigenvalue weighted by molar-refractivity contribution is 5.02. The highest BCUT2D eigenvalue weighted by Gasteiger charge is 2.17. The van der Waals surface area contributed by atoms with E-state index in [1.165, 1.54) is 0 Å². The van der Waals surface area contributed by atoms with Gasteiger partial charge in [-0.2, -0.15) is 0 Å². The molecule has 0 heterocycles. The Kier molecular flexibility index (Phi) is 4.17. The molecule has 0 fully saturated rings. The van der Waals surface area contributed by atoms with E-state index in [4.69, 9.17) is 15.9 Å². The summed E-state index contributed by atoms with van der Waals surface area (Å²) in [6.45, 7) is 8.07. The monoisotopic (exact) mass is 156 g/mol. The summed E-state index contributed by atoms with van der Waals surface area (Å²) in [7, 11) is 0. The minimum atomic E-state index is -0.533. The van der Waals surface area contributed by atoms with Gasteiger partial charge in [-0.3, -0.25) is 0 Å². The van der Waals surface area contributed by atoms with Crippen LogP contribution in [-0.2, 0) is 9.47 Å². The SMILES string of the molecule is C#CC(C)(C)OC(C)OCC. The molecule has 0 rings (SSSR count). The number of rotatable bonds is 4. The van der Waals surface area contributed by atoms with Crippen LogP contribution in [0.2, 0.25) is 0 Å². The zero-order chi connectivity index (χ0) is 8.91. The van der Waals surface area contributed by atoms with Crippen molar-refractivity contribution in [1.82, 2.24) is 0 Å². The van der Waals surface area contributed by atoms with Gasteiger partial charge in [-0.15, -0.1) is 6.42 Å². The van der Waals surface area contributed by atoms with Crippen molar-refractivity contribution in [3.8, 4) is 12.3 Å². The van der Waals surface area contributed by atoms with Crippen LogP contribution >= 0.6 is 0 Å². The summed E-state index contributed by atoms with van der Waals surface area (Å²) in [5, 5.41) is 0. The summed E-state index contributed by atoms with van der Waals surface area (Å²) in [6.07, 6.45) is 4.99. The van der Waals surface area contributed by atoms with Gasteiger partial charge in [0.2, 0.25) is 0 Å². The van der Waals surface area contributed by atoms with Crippen LogP contribution in [-0.4, -0.2) is 18.5 Å².